The second-order valence-electron chi connectivity index (χ2n) is 1.11. The molecule has 8 heavy (non-hydrogen) atoms. The summed E-state index contributed by atoms with van der Waals surface area (Å²) in [6, 6.07) is 0. The SMILES string of the molecule is C[Se]C=C(N)C(=O)O. The summed E-state index contributed by atoms with van der Waals surface area (Å²) < 4.78 is 0. The third-order valence-electron chi connectivity index (χ3n) is 0.492. The minimum absolute atomic E-state index is 0.0486. The first-order valence-corrected chi connectivity index (χ1v) is 4.60. The Morgan fingerprint density at radius 1 is 1.88 bits per heavy atom. The van der Waals surface area contributed by atoms with Crippen molar-refractivity contribution in [3.05, 3.63) is 10.7 Å². The summed E-state index contributed by atoms with van der Waals surface area (Å²) in [5.74, 6) is 0.858. The molecule has 0 aromatic carbocycles. The van der Waals surface area contributed by atoms with Crippen LogP contribution in [0.3, 0.4) is 0 Å². The Hall–Kier alpha value is -0.471. The zero-order valence-electron chi connectivity index (χ0n) is 4.42. The van der Waals surface area contributed by atoms with Crippen molar-refractivity contribution < 1.29 is 9.90 Å². The molecule has 0 aliphatic rings. The summed E-state index contributed by atoms with van der Waals surface area (Å²) in [6.07, 6.45) is 0. The maximum absolute atomic E-state index is 9.91. The summed E-state index contributed by atoms with van der Waals surface area (Å²) in [4.78, 5) is 11.4. The normalized spacial score (nSPS) is 11.4. The van der Waals surface area contributed by atoms with Gasteiger partial charge in [-0.3, -0.25) is 0 Å². The van der Waals surface area contributed by atoms with Crippen LogP contribution in [0.15, 0.2) is 10.7 Å². The third kappa shape index (κ3) is 2.66. The van der Waals surface area contributed by atoms with Crippen LogP contribution in [0.4, 0.5) is 0 Å². The van der Waals surface area contributed by atoms with Gasteiger partial charge in [0.25, 0.3) is 0 Å². The van der Waals surface area contributed by atoms with Crippen molar-refractivity contribution in [2.75, 3.05) is 0 Å². The number of hydrogen-bond donors (Lipinski definition) is 2. The van der Waals surface area contributed by atoms with Gasteiger partial charge in [-0.2, -0.15) is 0 Å². The molecule has 4 heteroatoms. The van der Waals surface area contributed by atoms with Gasteiger partial charge in [0.2, 0.25) is 0 Å². The average molecular weight is 180 g/mol. The van der Waals surface area contributed by atoms with E-state index >= 15 is 0 Å². The first kappa shape index (κ1) is 7.53. The predicted molar refractivity (Wildman–Crippen MR) is 31.5 cm³/mol. The standard InChI is InChI=1S/C4H7NO2Se/c1-8-2-3(5)4(6)7/h2H,5H2,1H3,(H,6,7). The number of carbonyl (C=O) groups is 1. The molecule has 0 fully saturated rings. The van der Waals surface area contributed by atoms with E-state index in [9.17, 15) is 4.79 Å². The van der Waals surface area contributed by atoms with Gasteiger partial charge in [0.1, 0.15) is 0 Å². The van der Waals surface area contributed by atoms with Gasteiger partial charge >= 0.3 is 53.1 Å². The van der Waals surface area contributed by atoms with Gasteiger partial charge in [0.05, 0.1) is 0 Å². The van der Waals surface area contributed by atoms with Crippen LogP contribution in [0.1, 0.15) is 0 Å². The van der Waals surface area contributed by atoms with E-state index in [1.54, 1.807) is 0 Å². The van der Waals surface area contributed by atoms with E-state index < -0.39 is 5.97 Å². The zero-order valence-corrected chi connectivity index (χ0v) is 6.13. The number of rotatable bonds is 2. The molecule has 0 heterocycles. The number of aliphatic carboxylic acids is 1. The molecule has 0 spiro atoms. The molecule has 0 aliphatic heterocycles. The molecule has 0 radical (unpaired) electrons. The Balaban J connectivity index is 3.80. The molecule has 0 aromatic rings. The molecular formula is C4H7NO2Se. The van der Waals surface area contributed by atoms with Crippen LogP contribution in [0.5, 0.6) is 0 Å². The monoisotopic (exact) mass is 181 g/mol. The predicted octanol–water partition coefficient (Wildman–Crippen LogP) is -0.377. The van der Waals surface area contributed by atoms with Gasteiger partial charge in [0, 0.05) is 0 Å². The zero-order chi connectivity index (χ0) is 6.57. The summed E-state index contributed by atoms with van der Waals surface area (Å²) >= 11 is 0.211. The van der Waals surface area contributed by atoms with Gasteiger partial charge in [-0.1, -0.05) is 0 Å². The molecule has 0 rings (SSSR count). The van der Waals surface area contributed by atoms with Crippen molar-refractivity contribution in [1.29, 1.82) is 0 Å². The molecule has 0 saturated carbocycles. The molecule has 0 atom stereocenters. The Kier molecular flexibility index (Phi) is 3.31. The minimum atomic E-state index is -1.03. The number of carboxylic acid groups (broad SMARTS) is 1. The van der Waals surface area contributed by atoms with Gasteiger partial charge in [-0.25, -0.2) is 0 Å². The van der Waals surface area contributed by atoms with Crippen LogP contribution in [0.2, 0.25) is 5.82 Å². The number of carboxylic acids is 1. The van der Waals surface area contributed by atoms with Crippen LogP contribution < -0.4 is 5.73 Å². The Labute approximate surface area is 53.7 Å². The number of hydrogen-bond acceptors (Lipinski definition) is 2. The molecular weight excluding hydrogens is 173 g/mol. The van der Waals surface area contributed by atoms with E-state index in [4.69, 9.17) is 10.8 Å². The Morgan fingerprint density at radius 3 is 2.50 bits per heavy atom. The first-order valence-electron chi connectivity index (χ1n) is 1.90. The average Bonchev–Trinajstić information content (AvgIpc) is 1.67. The first-order chi connectivity index (χ1) is 3.68. The van der Waals surface area contributed by atoms with Crippen LogP contribution in [-0.2, 0) is 4.79 Å². The second kappa shape index (κ2) is 3.52. The van der Waals surface area contributed by atoms with Crippen LogP contribution in [0.25, 0.3) is 0 Å². The molecule has 46 valence electrons. The van der Waals surface area contributed by atoms with Gasteiger partial charge < -0.3 is 0 Å². The third-order valence-corrected chi connectivity index (χ3v) is 1.52. The summed E-state index contributed by atoms with van der Waals surface area (Å²) in [6.45, 7) is 0. The molecule has 0 aliphatic carbocycles. The van der Waals surface area contributed by atoms with Crippen molar-refractivity contribution in [3.8, 4) is 0 Å². The Bertz CT molecular complexity index is 121. The molecule has 0 bridgehead atoms. The van der Waals surface area contributed by atoms with E-state index in [2.05, 4.69) is 0 Å². The van der Waals surface area contributed by atoms with Gasteiger partial charge in [0.15, 0.2) is 0 Å². The molecule has 0 unspecified atom stereocenters. The van der Waals surface area contributed by atoms with Crippen LogP contribution in [-0.4, -0.2) is 26.0 Å². The van der Waals surface area contributed by atoms with Crippen molar-refractivity contribution in [1.82, 2.24) is 0 Å². The van der Waals surface area contributed by atoms with Crippen molar-refractivity contribution in [3.63, 3.8) is 0 Å². The quantitative estimate of drug-likeness (QED) is 0.450. The van der Waals surface area contributed by atoms with Crippen molar-refractivity contribution in [2.24, 2.45) is 5.73 Å². The maximum atomic E-state index is 9.91. The molecule has 3 N–H and O–H groups in total. The van der Waals surface area contributed by atoms with Crippen LogP contribution >= 0.6 is 0 Å². The van der Waals surface area contributed by atoms with Crippen molar-refractivity contribution in [2.45, 2.75) is 5.82 Å². The van der Waals surface area contributed by atoms with E-state index in [-0.39, 0.29) is 20.7 Å². The van der Waals surface area contributed by atoms with Crippen molar-refractivity contribution >= 4 is 20.9 Å². The van der Waals surface area contributed by atoms with Crippen LogP contribution in [0, 0.1) is 0 Å². The fourth-order valence-corrected chi connectivity index (χ4v) is 0.922. The fourth-order valence-electron chi connectivity index (χ4n) is 0.177. The van der Waals surface area contributed by atoms with Gasteiger partial charge in [-0.05, 0) is 0 Å². The molecule has 3 nitrogen and oxygen atoms in total. The van der Waals surface area contributed by atoms with E-state index in [1.165, 1.54) is 4.97 Å². The number of nitrogens with two attached hydrogens (primary N) is 1. The molecule has 0 amide bonds. The van der Waals surface area contributed by atoms with Gasteiger partial charge in [-0.15, -0.1) is 0 Å². The van der Waals surface area contributed by atoms with E-state index in [0.29, 0.717) is 0 Å². The Morgan fingerprint density at radius 2 is 2.38 bits per heavy atom. The fraction of sp³-hybridized carbons (Fsp3) is 0.250. The topological polar surface area (TPSA) is 63.3 Å². The summed E-state index contributed by atoms with van der Waals surface area (Å²) in [7, 11) is 0. The van der Waals surface area contributed by atoms with E-state index in [1.807, 2.05) is 5.82 Å². The van der Waals surface area contributed by atoms with E-state index in [0.717, 1.165) is 0 Å². The summed E-state index contributed by atoms with van der Waals surface area (Å²) in [5.41, 5.74) is 4.96. The molecule has 0 saturated heterocycles. The summed E-state index contributed by atoms with van der Waals surface area (Å²) in [5, 5.41) is 8.13. The molecule has 0 aromatic heterocycles. The second-order valence-corrected chi connectivity index (χ2v) is 2.60.